The lowest BCUT2D eigenvalue weighted by molar-refractivity contribution is -0.111. The number of ether oxygens (including phenoxy) is 1. The number of benzene rings is 1. The van der Waals surface area contributed by atoms with Crippen molar-refractivity contribution in [1.82, 2.24) is 5.16 Å². The monoisotopic (exact) mass is 301 g/mol. The first-order chi connectivity index (χ1) is 10.4. The summed E-state index contributed by atoms with van der Waals surface area (Å²) in [5, 5.41) is 6.29. The molecule has 0 saturated heterocycles. The van der Waals surface area contributed by atoms with Gasteiger partial charge in [0.2, 0.25) is 5.91 Å². The van der Waals surface area contributed by atoms with Crippen LogP contribution in [0.4, 0.5) is 11.5 Å². The van der Waals surface area contributed by atoms with Crippen LogP contribution in [0.25, 0.3) is 6.08 Å². The maximum absolute atomic E-state index is 11.8. The number of hydrogen-bond acceptors (Lipinski definition) is 5. The predicted molar refractivity (Wildman–Crippen MR) is 85.5 cm³/mol. The van der Waals surface area contributed by atoms with E-state index in [4.69, 9.17) is 15.0 Å². The summed E-state index contributed by atoms with van der Waals surface area (Å²) < 4.78 is 10.4. The zero-order chi connectivity index (χ0) is 16.1. The normalized spacial score (nSPS) is 11.1. The molecule has 2 aromatic rings. The van der Waals surface area contributed by atoms with Gasteiger partial charge in [-0.15, -0.1) is 0 Å². The number of rotatable bonds is 5. The molecule has 2 rings (SSSR count). The lowest BCUT2D eigenvalue weighted by atomic mass is 10.1. The first-order valence-corrected chi connectivity index (χ1v) is 6.92. The highest BCUT2D eigenvalue weighted by Crippen LogP contribution is 2.24. The van der Waals surface area contributed by atoms with Gasteiger partial charge in [0.05, 0.1) is 11.8 Å². The van der Waals surface area contributed by atoms with Crippen LogP contribution >= 0.6 is 0 Å². The minimum atomic E-state index is -0.297. The summed E-state index contributed by atoms with van der Waals surface area (Å²) >= 11 is 0. The number of aryl methyl sites for hydroxylation is 1. The van der Waals surface area contributed by atoms with Gasteiger partial charge in [-0.2, -0.15) is 0 Å². The maximum Gasteiger partial charge on any atom is 0.249 e. The van der Waals surface area contributed by atoms with Crippen molar-refractivity contribution < 1.29 is 14.1 Å². The van der Waals surface area contributed by atoms with E-state index in [9.17, 15) is 4.79 Å². The third-order valence-corrected chi connectivity index (χ3v) is 2.70. The van der Waals surface area contributed by atoms with Crippen LogP contribution in [-0.4, -0.2) is 17.2 Å². The zero-order valence-corrected chi connectivity index (χ0v) is 12.8. The minimum Gasteiger partial charge on any atom is -0.489 e. The molecule has 1 amide bonds. The van der Waals surface area contributed by atoms with Crippen molar-refractivity contribution in [2.75, 3.05) is 11.1 Å². The third kappa shape index (κ3) is 4.37. The quantitative estimate of drug-likeness (QED) is 0.654. The van der Waals surface area contributed by atoms with Gasteiger partial charge in [0.25, 0.3) is 0 Å². The molecule has 1 aromatic heterocycles. The average Bonchev–Trinajstić information content (AvgIpc) is 2.84. The van der Waals surface area contributed by atoms with Crippen LogP contribution < -0.4 is 15.8 Å². The Balaban J connectivity index is 2.00. The summed E-state index contributed by atoms with van der Waals surface area (Å²) in [4.78, 5) is 11.8. The molecule has 0 unspecified atom stereocenters. The Bertz CT molecular complexity index is 690. The molecule has 6 nitrogen and oxygen atoms in total. The molecule has 0 aliphatic heterocycles. The second kappa shape index (κ2) is 6.80. The number of carbonyl (C=O) groups is 1. The fourth-order valence-corrected chi connectivity index (χ4v) is 1.80. The molecule has 0 aliphatic carbocycles. The number of amides is 1. The van der Waals surface area contributed by atoms with E-state index in [1.165, 1.54) is 6.08 Å². The van der Waals surface area contributed by atoms with Crippen molar-refractivity contribution in [1.29, 1.82) is 0 Å². The van der Waals surface area contributed by atoms with E-state index < -0.39 is 0 Å². The van der Waals surface area contributed by atoms with Crippen LogP contribution in [0.2, 0.25) is 0 Å². The maximum atomic E-state index is 11.8. The zero-order valence-electron chi connectivity index (χ0n) is 12.8. The minimum absolute atomic E-state index is 0.0559. The van der Waals surface area contributed by atoms with Gasteiger partial charge in [0, 0.05) is 12.1 Å². The second-order valence-corrected chi connectivity index (χ2v) is 5.11. The molecule has 0 atom stereocenters. The number of hydrogen-bond donors (Lipinski definition) is 2. The van der Waals surface area contributed by atoms with Crippen molar-refractivity contribution in [2.24, 2.45) is 0 Å². The molecule has 0 aliphatic rings. The number of anilines is 2. The van der Waals surface area contributed by atoms with Gasteiger partial charge >= 0.3 is 0 Å². The Kier molecular flexibility index (Phi) is 4.83. The average molecular weight is 301 g/mol. The van der Waals surface area contributed by atoms with Crippen LogP contribution in [0.3, 0.4) is 0 Å². The van der Waals surface area contributed by atoms with Crippen molar-refractivity contribution in [3.05, 3.63) is 41.7 Å². The summed E-state index contributed by atoms with van der Waals surface area (Å²) in [6.45, 7) is 5.62. The summed E-state index contributed by atoms with van der Waals surface area (Å²) in [6, 6.07) is 7.01. The Morgan fingerprint density at radius 1 is 1.41 bits per heavy atom. The fourth-order valence-electron chi connectivity index (χ4n) is 1.80. The standard InChI is InChI=1S/C16H19N3O3/c1-10(2)21-14-6-4-12(9-13(14)17)5-7-16(20)18-15-8-11(3)22-19-15/h4-10H,17H2,1-3H3,(H,18,19,20)/b7-5-. The summed E-state index contributed by atoms with van der Waals surface area (Å²) in [6.07, 6.45) is 3.12. The molecular formula is C16H19N3O3. The molecule has 0 spiro atoms. The topological polar surface area (TPSA) is 90.4 Å². The smallest absolute Gasteiger partial charge is 0.249 e. The van der Waals surface area contributed by atoms with E-state index in [2.05, 4.69) is 10.5 Å². The first kappa shape index (κ1) is 15.6. The number of carbonyl (C=O) groups excluding carboxylic acids is 1. The number of nitrogens with one attached hydrogen (secondary N) is 1. The molecule has 0 saturated carbocycles. The molecule has 0 bridgehead atoms. The highest BCUT2D eigenvalue weighted by Gasteiger charge is 2.05. The second-order valence-electron chi connectivity index (χ2n) is 5.11. The molecule has 1 heterocycles. The molecular weight excluding hydrogens is 282 g/mol. The summed E-state index contributed by atoms with van der Waals surface area (Å²) in [5.74, 6) is 1.35. The Hall–Kier alpha value is -2.76. The Labute approximate surface area is 128 Å². The van der Waals surface area contributed by atoms with Gasteiger partial charge in [-0.1, -0.05) is 11.2 Å². The van der Waals surface area contributed by atoms with E-state index in [0.29, 0.717) is 23.0 Å². The molecule has 0 fully saturated rings. The number of nitrogen functional groups attached to an aromatic ring is 1. The molecule has 6 heteroatoms. The highest BCUT2D eigenvalue weighted by atomic mass is 16.5. The van der Waals surface area contributed by atoms with E-state index in [1.807, 2.05) is 19.9 Å². The van der Waals surface area contributed by atoms with Crippen LogP contribution in [0.15, 0.2) is 34.9 Å². The Morgan fingerprint density at radius 3 is 2.77 bits per heavy atom. The van der Waals surface area contributed by atoms with Gasteiger partial charge in [-0.05, 0) is 44.5 Å². The molecule has 0 radical (unpaired) electrons. The van der Waals surface area contributed by atoms with E-state index in [1.54, 1.807) is 31.2 Å². The van der Waals surface area contributed by atoms with Crippen molar-refractivity contribution in [3.63, 3.8) is 0 Å². The van der Waals surface area contributed by atoms with E-state index in [0.717, 1.165) is 5.56 Å². The van der Waals surface area contributed by atoms with E-state index in [-0.39, 0.29) is 12.0 Å². The SMILES string of the molecule is Cc1cc(NC(=O)/C=C\c2ccc(OC(C)C)c(N)c2)no1. The molecule has 3 N–H and O–H groups in total. The van der Waals surface area contributed by atoms with Gasteiger partial charge in [0.15, 0.2) is 5.82 Å². The molecule has 22 heavy (non-hydrogen) atoms. The molecule has 1 aromatic carbocycles. The molecule has 116 valence electrons. The summed E-state index contributed by atoms with van der Waals surface area (Å²) in [5.41, 5.74) is 7.26. The van der Waals surface area contributed by atoms with Crippen LogP contribution in [0.1, 0.15) is 25.2 Å². The lowest BCUT2D eigenvalue weighted by Gasteiger charge is -2.12. The van der Waals surface area contributed by atoms with Crippen molar-refractivity contribution >= 4 is 23.5 Å². The largest absolute Gasteiger partial charge is 0.489 e. The third-order valence-electron chi connectivity index (χ3n) is 2.70. The van der Waals surface area contributed by atoms with Crippen LogP contribution in [0.5, 0.6) is 5.75 Å². The van der Waals surface area contributed by atoms with Crippen LogP contribution in [0, 0.1) is 6.92 Å². The van der Waals surface area contributed by atoms with Crippen LogP contribution in [-0.2, 0) is 4.79 Å². The van der Waals surface area contributed by atoms with Crippen molar-refractivity contribution in [2.45, 2.75) is 26.9 Å². The van der Waals surface area contributed by atoms with Gasteiger partial charge in [-0.25, -0.2) is 0 Å². The summed E-state index contributed by atoms with van der Waals surface area (Å²) in [7, 11) is 0. The fraction of sp³-hybridized carbons (Fsp3) is 0.250. The van der Waals surface area contributed by atoms with Gasteiger partial charge in [0.1, 0.15) is 11.5 Å². The highest BCUT2D eigenvalue weighted by molar-refractivity contribution is 6.01. The number of aromatic nitrogens is 1. The number of nitrogens with zero attached hydrogens (tertiary/aromatic N) is 1. The number of nitrogens with two attached hydrogens (primary N) is 1. The van der Waals surface area contributed by atoms with E-state index >= 15 is 0 Å². The Morgan fingerprint density at radius 2 is 2.18 bits per heavy atom. The first-order valence-electron chi connectivity index (χ1n) is 6.92. The lowest BCUT2D eigenvalue weighted by Crippen LogP contribution is -2.08. The van der Waals surface area contributed by atoms with Crippen molar-refractivity contribution in [3.8, 4) is 5.75 Å². The van der Waals surface area contributed by atoms with Gasteiger partial charge in [-0.3, -0.25) is 4.79 Å². The predicted octanol–water partition coefficient (Wildman–Crippen LogP) is 3.00. The van der Waals surface area contributed by atoms with Gasteiger partial charge < -0.3 is 20.3 Å².